The van der Waals surface area contributed by atoms with Gasteiger partial charge in [-0.15, -0.1) is 0 Å². The average Bonchev–Trinajstić information content (AvgIpc) is 2.98. The molecule has 0 bridgehead atoms. The van der Waals surface area contributed by atoms with Crippen LogP contribution in [-0.2, 0) is 9.47 Å². The number of hydrogen-bond donors (Lipinski definition) is 2. The van der Waals surface area contributed by atoms with Crippen molar-refractivity contribution in [1.29, 1.82) is 0 Å². The van der Waals surface area contributed by atoms with Crippen molar-refractivity contribution in [2.45, 2.75) is 45.3 Å². The Bertz CT molecular complexity index is 430. The summed E-state index contributed by atoms with van der Waals surface area (Å²) in [5, 5.41) is 13.3. The second-order valence-corrected chi connectivity index (χ2v) is 5.80. The van der Waals surface area contributed by atoms with Crippen LogP contribution in [0, 0.1) is 6.92 Å². The van der Waals surface area contributed by atoms with Gasteiger partial charge in [0.15, 0.2) is 0 Å². The lowest BCUT2D eigenvalue weighted by molar-refractivity contribution is 0.0165. The van der Waals surface area contributed by atoms with Crippen molar-refractivity contribution in [1.82, 2.24) is 5.32 Å². The largest absolute Gasteiger partial charge is 0.508 e. The van der Waals surface area contributed by atoms with Crippen molar-refractivity contribution < 1.29 is 14.6 Å². The number of rotatable bonds is 8. The summed E-state index contributed by atoms with van der Waals surface area (Å²) in [5.74, 6) is 0.357. The zero-order chi connectivity index (χ0) is 15.1. The molecule has 1 aromatic carbocycles. The molecule has 2 rings (SSSR count). The van der Waals surface area contributed by atoms with Crippen LogP contribution in [0.1, 0.15) is 43.4 Å². The molecule has 1 fully saturated rings. The van der Waals surface area contributed by atoms with Crippen molar-refractivity contribution >= 4 is 0 Å². The van der Waals surface area contributed by atoms with Crippen LogP contribution in [0.4, 0.5) is 0 Å². The number of phenols is 1. The maximum atomic E-state index is 9.89. The number of ether oxygens (including phenoxy) is 2. The standard InChI is InChI=1S/C17H27NO3/c1-13-6-7-17(19)16(11-13)14(2)18-8-4-9-20-12-15-5-3-10-21-15/h6-7,11,14-15,18-19H,3-5,8-10,12H2,1-2H3. The molecule has 1 aromatic rings. The molecule has 1 heterocycles. The fourth-order valence-corrected chi connectivity index (χ4v) is 2.61. The minimum absolute atomic E-state index is 0.142. The Morgan fingerprint density at radius 3 is 3.10 bits per heavy atom. The van der Waals surface area contributed by atoms with Crippen molar-refractivity contribution in [2.75, 3.05) is 26.4 Å². The van der Waals surface area contributed by atoms with Gasteiger partial charge in [-0.25, -0.2) is 0 Å². The predicted molar refractivity (Wildman–Crippen MR) is 83.7 cm³/mol. The lowest BCUT2D eigenvalue weighted by Gasteiger charge is -2.16. The molecule has 0 aromatic heterocycles. The Balaban J connectivity index is 1.60. The van der Waals surface area contributed by atoms with Crippen molar-refractivity contribution in [3.8, 4) is 5.75 Å². The molecule has 4 nitrogen and oxygen atoms in total. The van der Waals surface area contributed by atoms with E-state index < -0.39 is 0 Å². The van der Waals surface area contributed by atoms with E-state index in [9.17, 15) is 5.11 Å². The van der Waals surface area contributed by atoms with Crippen LogP contribution in [0.15, 0.2) is 18.2 Å². The minimum Gasteiger partial charge on any atom is -0.508 e. The van der Waals surface area contributed by atoms with Crippen molar-refractivity contribution in [2.24, 2.45) is 0 Å². The molecule has 4 heteroatoms. The second-order valence-electron chi connectivity index (χ2n) is 5.80. The number of aryl methyl sites for hydroxylation is 1. The summed E-state index contributed by atoms with van der Waals surface area (Å²) >= 11 is 0. The van der Waals surface area contributed by atoms with Crippen LogP contribution in [0.3, 0.4) is 0 Å². The molecule has 0 amide bonds. The third kappa shape index (κ3) is 5.30. The predicted octanol–water partition coefficient (Wildman–Crippen LogP) is 2.94. The highest BCUT2D eigenvalue weighted by atomic mass is 16.5. The van der Waals surface area contributed by atoms with Gasteiger partial charge in [0.25, 0.3) is 0 Å². The van der Waals surface area contributed by atoms with Crippen LogP contribution in [0.2, 0.25) is 0 Å². The first-order valence-corrected chi connectivity index (χ1v) is 7.89. The molecule has 21 heavy (non-hydrogen) atoms. The molecule has 2 unspecified atom stereocenters. The van der Waals surface area contributed by atoms with Gasteiger partial charge in [0.2, 0.25) is 0 Å². The number of nitrogens with one attached hydrogen (secondary N) is 1. The first kappa shape index (κ1) is 16.3. The molecule has 2 atom stereocenters. The first-order valence-electron chi connectivity index (χ1n) is 7.89. The highest BCUT2D eigenvalue weighted by Gasteiger charge is 2.15. The lowest BCUT2D eigenvalue weighted by atomic mass is 10.0. The van der Waals surface area contributed by atoms with E-state index >= 15 is 0 Å². The van der Waals surface area contributed by atoms with Crippen LogP contribution in [0.5, 0.6) is 5.75 Å². The summed E-state index contributed by atoms with van der Waals surface area (Å²) in [6, 6.07) is 5.85. The van der Waals surface area contributed by atoms with Gasteiger partial charge in [-0.3, -0.25) is 0 Å². The minimum atomic E-state index is 0.142. The Morgan fingerprint density at radius 1 is 1.48 bits per heavy atom. The highest BCUT2D eigenvalue weighted by Crippen LogP contribution is 2.24. The van der Waals surface area contributed by atoms with Gasteiger partial charge >= 0.3 is 0 Å². The third-order valence-electron chi connectivity index (χ3n) is 3.89. The van der Waals surface area contributed by atoms with Crippen LogP contribution < -0.4 is 5.32 Å². The molecule has 1 aliphatic heterocycles. The summed E-state index contributed by atoms with van der Waals surface area (Å²) in [6.07, 6.45) is 3.56. The molecule has 0 spiro atoms. The van der Waals surface area contributed by atoms with E-state index in [4.69, 9.17) is 9.47 Å². The fourth-order valence-electron chi connectivity index (χ4n) is 2.61. The monoisotopic (exact) mass is 293 g/mol. The Morgan fingerprint density at radius 2 is 2.33 bits per heavy atom. The topological polar surface area (TPSA) is 50.7 Å². The third-order valence-corrected chi connectivity index (χ3v) is 3.89. The summed E-state index contributed by atoms with van der Waals surface area (Å²) in [4.78, 5) is 0. The van der Waals surface area contributed by atoms with E-state index in [1.165, 1.54) is 0 Å². The van der Waals surface area contributed by atoms with E-state index in [1.54, 1.807) is 6.07 Å². The molecule has 1 saturated heterocycles. The maximum absolute atomic E-state index is 9.89. The van der Waals surface area contributed by atoms with Gasteiger partial charge in [0.05, 0.1) is 12.7 Å². The summed E-state index contributed by atoms with van der Waals surface area (Å²) in [7, 11) is 0. The van der Waals surface area contributed by atoms with Gasteiger partial charge in [0, 0.05) is 24.8 Å². The van der Waals surface area contributed by atoms with E-state index in [0.29, 0.717) is 18.5 Å². The Kier molecular flexibility index (Phi) is 6.49. The number of benzene rings is 1. The van der Waals surface area contributed by atoms with Crippen LogP contribution in [-0.4, -0.2) is 37.6 Å². The van der Waals surface area contributed by atoms with Gasteiger partial charge in [-0.05, 0) is 45.7 Å². The SMILES string of the molecule is Cc1ccc(O)c(C(C)NCCCOCC2CCCO2)c1. The number of aromatic hydroxyl groups is 1. The zero-order valence-corrected chi connectivity index (χ0v) is 13.1. The van der Waals surface area contributed by atoms with Crippen molar-refractivity contribution in [3.05, 3.63) is 29.3 Å². The lowest BCUT2D eigenvalue weighted by Crippen LogP contribution is -2.22. The molecular formula is C17H27NO3. The molecular weight excluding hydrogens is 266 g/mol. The van der Waals surface area contributed by atoms with Gasteiger partial charge in [-0.2, -0.15) is 0 Å². The Labute approximate surface area is 127 Å². The van der Waals surface area contributed by atoms with Gasteiger partial charge < -0.3 is 19.9 Å². The fraction of sp³-hybridized carbons (Fsp3) is 0.647. The summed E-state index contributed by atoms with van der Waals surface area (Å²) in [5.41, 5.74) is 2.12. The van der Waals surface area contributed by atoms with E-state index in [1.807, 2.05) is 19.1 Å². The van der Waals surface area contributed by atoms with Crippen LogP contribution in [0.25, 0.3) is 0 Å². The second kappa shape index (κ2) is 8.37. The molecule has 2 N–H and O–H groups in total. The summed E-state index contributed by atoms with van der Waals surface area (Å²) in [6.45, 7) is 7.33. The molecule has 1 aliphatic rings. The first-order chi connectivity index (χ1) is 10.2. The highest BCUT2D eigenvalue weighted by molar-refractivity contribution is 5.37. The van der Waals surface area contributed by atoms with Gasteiger partial charge in [-0.1, -0.05) is 17.7 Å². The smallest absolute Gasteiger partial charge is 0.120 e. The summed E-state index contributed by atoms with van der Waals surface area (Å²) < 4.78 is 11.1. The number of phenolic OH excluding ortho intramolecular Hbond substituents is 1. The van der Waals surface area contributed by atoms with E-state index in [2.05, 4.69) is 12.2 Å². The molecule has 0 radical (unpaired) electrons. The quantitative estimate of drug-likeness (QED) is 0.724. The van der Waals surface area contributed by atoms with E-state index in [-0.39, 0.29) is 6.04 Å². The van der Waals surface area contributed by atoms with Crippen molar-refractivity contribution in [3.63, 3.8) is 0 Å². The normalized spacial score (nSPS) is 19.8. The number of hydrogen-bond acceptors (Lipinski definition) is 4. The molecule has 118 valence electrons. The van der Waals surface area contributed by atoms with Gasteiger partial charge in [0.1, 0.15) is 5.75 Å². The average molecular weight is 293 g/mol. The zero-order valence-electron chi connectivity index (χ0n) is 13.1. The molecule has 0 aliphatic carbocycles. The Hall–Kier alpha value is -1.10. The van der Waals surface area contributed by atoms with Crippen LogP contribution >= 0.6 is 0 Å². The maximum Gasteiger partial charge on any atom is 0.120 e. The van der Waals surface area contributed by atoms with E-state index in [0.717, 1.165) is 50.1 Å². The molecule has 0 saturated carbocycles.